The van der Waals surface area contributed by atoms with Gasteiger partial charge in [0.05, 0.1) is 16.8 Å². The van der Waals surface area contributed by atoms with Crippen LogP contribution in [0.25, 0.3) is 0 Å². The zero-order chi connectivity index (χ0) is 11.2. The molecule has 1 aromatic carbocycles. The van der Waals surface area contributed by atoms with E-state index in [-0.39, 0.29) is 0 Å². The zero-order valence-corrected chi connectivity index (χ0v) is 9.82. The first-order chi connectivity index (χ1) is 7.86. The average molecular weight is 228 g/mol. The summed E-state index contributed by atoms with van der Waals surface area (Å²) in [4.78, 5) is 1.16. The highest BCUT2D eigenvalue weighted by Gasteiger charge is 1.95. The molecule has 1 aromatic heterocycles. The van der Waals surface area contributed by atoms with E-state index in [0.717, 1.165) is 16.2 Å². The van der Waals surface area contributed by atoms with Gasteiger partial charge in [0.25, 0.3) is 0 Å². The van der Waals surface area contributed by atoms with Gasteiger partial charge in [0, 0.05) is 0 Å². The van der Waals surface area contributed by atoms with Crippen molar-refractivity contribution in [2.45, 2.75) is 6.92 Å². The molecule has 0 aliphatic rings. The minimum Gasteiger partial charge on any atom is -0.158 e. The molecule has 0 unspecified atom stereocenters. The average Bonchev–Trinajstić information content (AvgIpc) is 2.84. The van der Waals surface area contributed by atoms with E-state index in [1.807, 2.05) is 54.8 Å². The van der Waals surface area contributed by atoms with Gasteiger partial charge in [-0.25, -0.2) is 0 Å². The molecule has 2 nitrogen and oxygen atoms in total. The van der Waals surface area contributed by atoms with Gasteiger partial charge in [-0.15, -0.1) is 11.3 Å². The molecule has 0 spiro atoms. The van der Waals surface area contributed by atoms with Crippen molar-refractivity contribution in [3.63, 3.8) is 0 Å². The standard InChI is InChI=1S/C13H12N2S/c1-11(13-8-5-9-16-13)15-14-10-12-6-3-2-4-7-12/h2-10H,1H3. The van der Waals surface area contributed by atoms with Crippen molar-refractivity contribution in [2.75, 3.05) is 0 Å². The van der Waals surface area contributed by atoms with Gasteiger partial charge in [-0.3, -0.25) is 0 Å². The van der Waals surface area contributed by atoms with Gasteiger partial charge in [0.15, 0.2) is 0 Å². The molecule has 0 aliphatic carbocycles. The van der Waals surface area contributed by atoms with E-state index < -0.39 is 0 Å². The normalized spacial score (nSPS) is 12.2. The molecular weight excluding hydrogens is 216 g/mol. The summed E-state index contributed by atoms with van der Waals surface area (Å²) in [5.74, 6) is 0. The van der Waals surface area contributed by atoms with Gasteiger partial charge >= 0.3 is 0 Å². The van der Waals surface area contributed by atoms with E-state index in [2.05, 4.69) is 10.2 Å². The Morgan fingerprint density at radius 3 is 2.62 bits per heavy atom. The second-order valence-corrected chi connectivity index (χ2v) is 4.27. The lowest BCUT2D eigenvalue weighted by Gasteiger charge is -1.91. The molecule has 0 atom stereocenters. The van der Waals surface area contributed by atoms with E-state index >= 15 is 0 Å². The number of hydrogen-bond acceptors (Lipinski definition) is 3. The Hall–Kier alpha value is -1.74. The highest BCUT2D eigenvalue weighted by molar-refractivity contribution is 7.12. The summed E-state index contributed by atoms with van der Waals surface area (Å²) in [6.07, 6.45) is 1.76. The van der Waals surface area contributed by atoms with Crippen molar-refractivity contribution >= 4 is 23.3 Å². The fraction of sp³-hybridized carbons (Fsp3) is 0.0769. The van der Waals surface area contributed by atoms with E-state index in [1.165, 1.54) is 0 Å². The monoisotopic (exact) mass is 228 g/mol. The van der Waals surface area contributed by atoms with Crippen molar-refractivity contribution in [3.8, 4) is 0 Å². The fourth-order valence-electron chi connectivity index (χ4n) is 1.25. The van der Waals surface area contributed by atoms with Gasteiger partial charge < -0.3 is 0 Å². The third kappa shape index (κ3) is 2.87. The van der Waals surface area contributed by atoms with Crippen LogP contribution in [0.4, 0.5) is 0 Å². The Kier molecular flexibility index (Phi) is 3.62. The van der Waals surface area contributed by atoms with Crippen molar-refractivity contribution in [1.82, 2.24) is 0 Å². The number of hydrogen-bond donors (Lipinski definition) is 0. The Morgan fingerprint density at radius 2 is 1.94 bits per heavy atom. The van der Waals surface area contributed by atoms with E-state index in [1.54, 1.807) is 17.6 Å². The minimum absolute atomic E-state index is 0.946. The number of nitrogens with zero attached hydrogens (tertiary/aromatic N) is 2. The molecule has 0 saturated heterocycles. The van der Waals surface area contributed by atoms with Gasteiger partial charge in [0.2, 0.25) is 0 Å². The number of rotatable bonds is 3. The maximum atomic E-state index is 4.16. The quantitative estimate of drug-likeness (QED) is 0.566. The third-order valence-electron chi connectivity index (χ3n) is 2.09. The van der Waals surface area contributed by atoms with Crippen LogP contribution in [0.15, 0.2) is 58.0 Å². The Labute approximate surface area is 99.0 Å². The van der Waals surface area contributed by atoms with E-state index in [0.29, 0.717) is 0 Å². The molecule has 0 saturated carbocycles. The Morgan fingerprint density at radius 1 is 1.12 bits per heavy atom. The van der Waals surface area contributed by atoms with Crippen LogP contribution in [-0.2, 0) is 0 Å². The summed E-state index contributed by atoms with van der Waals surface area (Å²) in [5.41, 5.74) is 2.01. The summed E-state index contributed by atoms with van der Waals surface area (Å²) in [6.45, 7) is 1.97. The van der Waals surface area contributed by atoms with Crippen molar-refractivity contribution in [1.29, 1.82) is 0 Å². The molecule has 0 fully saturated rings. The van der Waals surface area contributed by atoms with Crippen LogP contribution in [0, 0.1) is 0 Å². The van der Waals surface area contributed by atoms with Crippen molar-refractivity contribution < 1.29 is 0 Å². The van der Waals surface area contributed by atoms with Crippen molar-refractivity contribution in [2.24, 2.45) is 10.2 Å². The summed E-state index contributed by atoms with van der Waals surface area (Å²) >= 11 is 1.67. The number of thiophene rings is 1. The van der Waals surface area contributed by atoms with Crippen LogP contribution < -0.4 is 0 Å². The lowest BCUT2D eigenvalue weighted by Crippen LogP contribution is -1.88. The van der Waals surface area contributed by atoms with Crippen LogP contribution in [0.1, 0.15) is 17.4 Å². The summed E-state index contributed by atoms with van der Waals surface area (Å²) < 4.78 is 0. The molecule has 80 valence electrons. The fourth-order valence-corrected chi connectivity index (χ4v) is 1.93. The summed E-state index contributed by atoms with van der Waals surface area (Å²) in [7, 11) is 0. The maximum Gasteiger partial charge on any atom is 0.0771 e. The minimum atomic E-state index is 0.946. The molecule has 0 aliphatic heterocycles. The first-order valence-corrected chi connectivity index (χ1v) is 5.91. The second-order valence-electron chi connectivity index (χ2n) is 3.32. The molecular formula is C13H12N2S. The van der Waals surface area contributed by atoms with Gasteiger partial charge in [-0.05, 0) is 23.9 Å². The van der Waals surface area contributed by atoms with Crippen molar-refractivity contribution in [3.05, 3.63) is 58.3 Å². The number of benzene rings is 1. The molecule has 1 heterocycles. The lowest BCUT2D eigenvalue weighted by molar-refractivity contribution is 1.24. The second kappa shape index (κ2) is 5.37. The van der Waals surface area contributed by atoms with Crippen LogP contribution in [0.5, 0.6) is 0 Å². The third-order valence-corrected chi connectivity index (χ3v) is 3.07. The van der Waals surface area contributed by atoms with E-state index in [4.69, 9.17) is 0 Å². The Bertz CT molecular complexity index is 484. The molecule has 0 bridgehead atoms. The Balaban J connectivity index is 2.07. The largest absolute Gasteiger partial charge is 0.158 e. The first-order valence-electron chi connectivity index (χ1n) is 5.03. The molecule has 0 amide bonds. The zero-order valence-electron chi connectivity index (χ0n) is 9.00. The van der Waals surface area contributed by atoms with Gasteiger partial charge in [0.1, 0.15) is 0 Å². The predicted molar refractivity (Wildman–Crippen MR) is 70.6 cm³/mol. The van der Waals surface area contributed by atoms with Crippen LogP contribution >= 0.6 is 11.3 Å². The molecule has 3 heteroatoms. The van der Waals surface area contributed by atoms with Crippen LogP contribution in [0.3, 0.4) is 0 Å². The molecule has 16 heavy (non-hydrogen) atoms. The molecule has 2 rings (SSSR count). The van der Waals surface area contributed by atoms with Crippen LogP contribution in [0.2, 0.25) is 0 Å². The van der Waals surface area contributed by atoms with Crippen LogP contribution in [-0.4, -0.2) is 11.9 Å². The summed E-state index contributed by atoms with van der Waals surface area (Å²) in [6, 6.07) is 14.0. The summed E-state index contributed by atoms with van der Waals surface area (Å²) in [5, 5.41) is 10.3. The van der Waals surface area contributed by atoms with E-state index in [9.17, 15) is 0 Å². The first kappa shape index (κ1) is 10.8. The molecule has 0 N–H and O–H groups in total. The topological polar surface area (TPSA) is 24.7 Å². The smallest absolute Gasteiger partial charge is 0.0771 e. The SMILES string of the molecule is CC(=NN=Cc1ccccc1)c1cccs1. The van der Waals surface area contributed by atoms with Gasteiger partial charge in [-0.1, -0.05) is 36.4 Å². The highest BCUT2D eigenvalue weighted by atomic mass is 32.1. The maximum absolute atomic E-state index is 4.16. The molecule has 0 radical (unpaired) electrons. The molecule has 2 aromatic rings. The predicted octanol–water partition coefficient (Wildman–Crippen LogP) is 3.59. The van der Waals surface area contributed by atoms with Gasteiger partial charge in [-0.2, -0.15) is 10.2 Å². The lowest BCUT2D eigenvalue weighted by atomic mass is 10.2. The highest BCUT2D eigenvalue weighted by Crippen LogP contribution is 2.09.